The highest BCUT2D eigenvalue weighted by Crippen LogP contribution is 2.24. The molecule has 0 radical (unpaired) electrons. The van der Waals surface area contributed by atoms with E-state index in [0.29, 0.717) is 11.4 Å². The van der Waals surface area contributed by atoms with Crippen LogP contribution >= 0.6 is 11.3 Å². The van der Waals surface area contributed by atoms with Gasteiger partial charge in [0, 0.05) is 29.0 Å². The Kier molecular flexibility index (Phi) is 5.58. The van der Waals surface area contributed by atoms with Crippen LogP contribution in [0, 0.1) is 0 Å². The molecule has 1 atom stereocenters. The Morgan fingerprint density at radius 3 is 2.79 bits per heavy atom. The quantitative estimate of drug-likeness (QED) is 0.474. The van der Waals surface area contributed by atoms with Gasteiger partial charge in [-0.25, -0.2) is 4.98 Å². The van der Waals surface area contributed by atoms with E-state index >= 15 is 0 Å². The second kappa shape index (κ2) is 8.62. The van der Waals surface area contributed by atoms with E-state index in [0.717, 1.165) is 22.5 Å². The molecule has 6 nitrogen and oxygen atoms in total. The minimum Gasteiger partial charge on any atom is -0.362 e. The molecule has 0 aliphatic carbocycles. The maximum atomic E-state index is 12.4. The molecule has 3 heterocycles. The Bertz CT molecular complexity index is 1100. The molecular weight excluding hydrogens is 382 g/mol. The van der Waals surface area contributed by atoms with Gasteiger partial charge < -0.3 is 10.6 Å². The molecule has 4 rings (SSSR count). The van der Waals surface area contributed by atoms with Gasteiger partial charge in [-0.05, 0) is 48.2 Å². The van der Waals surface area contributed by atoms with Crippen molar-refractivity contribution in [2.45, 2.75) is 13.0 Å². The summed E-state index contributed by atoms with van der Waals surface area (Å²) in [5.74, 6) is 0.510. The maximum Gasteiger partial charge on any atom is 0.257 e. The summed E-state index contributed by atoms with van der Waals surface area (Å²) in [6, 6.07) is 13.2. The number of hydrogen-bond acceptors (Lipinski definition) is 6. The number of thiophene rings is 1. The van der Waals surface area contributed by atoms with Crippen molar-refractivity contribution in [2.75, 3.05) is 10.6 Å². The maximum absolute atomic E-state index is 12.4. The molecule has 0 bridgehead atoms. The van der Waals surface area contributed by atoms with E-state index in [9.17, 15) is 4.79 Å². The first-order valence-corrected chi connectivity index (χ1v) is 10.1. The number of hydrogen-bond donors (Lipinski definition) is 2. The van der Waals surface area contributed by atoms with Gasteiger partial charge in [0.2, 0.25) is 0 Å². The molecule has 2 N–H and O–H groups in total. The first kappa shape index (κ1) is 18.8. The zero-order valence-electron chi connectivity index (χ0n) is 15.7. The molecule has 0 aliphatic rings. The summed E-state index contributed by atoms with van der Waals surface area (Å²) in [5, 5.41) is 10.4. The Hall–Kier alpha value is -3.58. The molecule has 7 heteroatoms. The van der Waals surface area contributed by atoms with Crippen LogP contribution in [0.3, 0.4) is 0 Å². The van der Waals surface area contributed by atoms with E-state index in [1.165, 1.54) is 0 Å². The zero-order valence-corrected chi connectivity index (χ0v) is 16.6. The molecule has 3 aromatic heterocycles. The molecular formula is C22H19N5OS. The second-order valence-corrected chi connectivity index (χ2v) is 7.27. The van der Waals surface area contributed by atoms with Crippen molar-refractivity contribution in [3.8, 4) is 11.3 Å². The van der Waals surface area contributed by atoms with Crippen LogP contribution in [0.2, 0.25) is 0 Å². The van der Waals surface area contributed by atoms with E-state index in [1.807, 2.05) is 48.0 Å². The molecule has 144 valence electrons. The van der Waals surface area contributed by atoms with Gasteiger partial charge in [-0.2, -0.15) is 11.3 Å². The van der Waals surface area contributed by atoms with E-state index in [1.54, 1.807) is 48.3 Å². The fourth-order valence-corrected chi connectivity index (χ4v) is 3.53. The van der Waals surface area contributed by atoms with Crippen LogP contribution in [0.4, 0.5) is 11.5 Å². The third-order valence-corrected chi connectivity index (χ3v) is 5.07. The molecule has 0 spiro atoms. The number of aromatic nitrogens is 3. The van der Waals surface area contributed by atoms with E-state index in [-0.39, 0.29) is 11.9 Å². The monoisotopic (exact) mass is 401 g/mol. The fourth-order valence-electron chi connectivity index (χ4n) is 2.88. The number of amides is 1. The smallest absolute Gasteiger partial charge is 0.257 e. The number of carbonyl (C=O) groups excluding carboxylic acids is 1. The number of nitrogens with zero attached hydrogens (tertiary/aromatic N) is 3. The number of rotatable bonds is 6. The summed E-state index contributed by atoms with van der Waals surface area (Å²) in [7, 11) is 0. The summed E-state index contributed by atoms with van der Waals surface area (Å²) in [6.07, 6.45) is 6.65. The van der Waals surface area contributed by atoms with E-state index in [2.05, 4.69) is 25.6 Å². The zero-order chi connectivity index (χ0) is 20.1. The van der Waals surface area contributed by atoms with Crippen molar-refractivity contribution >= 4 is 28.7 Å². The van der Waals surface area contributed by atoms with Gasteiger partial charge in [0.05, 0.1) is 29.7 Å². The van der Waals surface area contributed by atoms with Gasteiger partial charge in [0.1, 0.15) is 5.82 Å². The van der Waals surface area contributed by atoms with Crippen molar-refractivity contribution in [1.82, 2.24) is 15.0 Å². The number of anilines is 2. The number of benzene rings is 1. The van der Waals surface area contributed by atoms with Crippen LogP contribution in [-0.2, 0) is 0 Å². The lowest BCUT2D eigenvalue weighted by Gasteiger charge is -2.16. The van der Waals surface area contributed by atoms with E-state index < -0.39 is 0 Å². The highest BCUT2D eigenvalue weighted by Gasteiger charge is 2.11. The Morgan fingerprint density at radius 1 is 1.07 bits per heavy atom. The van der Waals surface area contributed by atoms with Crippen LogP contribution < -0.4 is 10.6 Å². The molecule has 29 heavy (non-hydrogen) atoms. The van der Waals surface area contributed by atoms with Crippen molar-refractivity contribution < 1.29 is 4.79 Å². The Balaban J connectivity index is 1.47. The molecule has 4 aromatic rings. The Labute approximate surface area is 172 Å². The van der Waals surface area contributed by atoms with Gasteiger partial charge in [0.15, 0.2) is 0 Å². The first-order chi connectivity index (χ1) is 14.2. The van der Waals surface area contributed by atoms with Crippen LogP contribution in [-0.4, -0.2) is 20.9 Å². The lowest BCUT2D eigenvalue weighted by atomic mass is 10.1. The fraction of sp³-hybridized carbons (Fsp3) is 0.0909. The van der Waals surface area contributed by atoms with Crippen LogP contribution in [0.15, 0.2) is 78.0 Å². The van der Waals surface area contributed by atoms with Gasteiger partial charge >= 0.3 is 0 Å². The second-order valence-electron chi connectivity index (χ2n) is 6.49. The van der Waals surface area contributed by atoms with E-state index in [4.69, 9.17) is 0 Å². The van der Waals surface area contributed by atoms with Gasteiger partial charge in [-0.15, -0.1) is 0 Å². The van der Waals surface area contributed by atoms with Crippen LogP contribution in [0.25, 0.3) is 11.3 Å². The Morgan fingerprint density at radius 2 is 2.00 bits per heavy atom. The standard InChI is InChI=1S/C22H19N5OS/c1-15(25-21-13-24-12-20(27-21)18-7-9-29-14-18)16-4-2-6-19(10-16)26-22(28)17-5-3-8-23-11-17/h2-15H,1H3,(H,25,27)(H,26,28)/t15-/m0/s1. The summed E-state index contributed by atoms with van der Waals surface area (Å²) < 4.78 is 0. The third-order valence-electron chi connectivity index (χ3n) is 4.38. The molecule has 0 aliphatic heterocycles. The largest absolute Gasteiger partial charge is 0.362 e. The van der Waals surface area contributed by atoms with Gasteiger partial charge in [-0.3, -0.25) is 14.8 Å². The minimum absolute atomic E-state index is 0.0164. The number of pyridine rings is 1. The highest BCUT2D eigenvalue weighted by molar-refractivity contribution is 7.08. The molecule has 1 amide bonds. The minimum atomic E-state index is -0.190. The van der Waals surface area contributed by atoms with Crippen LogP contribution in [0.5, 0.6) is 0 Å². The van der Waals surface area contributed by atoms with Crippen molar-refractivity contribution in [2.24, 2.45) is 0 Å². The van der Waals surface area contributed by atoms with Crippen LogP contribution in [0.1, 0.15) is 28.9 Å². The number of nitrogens with one attached hydrogen (secondary N) is 2. The molecule has 0 saturated carbocycles. The van der Waals surface area contributed by atoms with Crippen molar-refractivity contribution in [3.05, 3.63) is 89.1 Å². The summed E-state index contributed by atoms with van der Waals surface area (Å²) >= 11 is 1.63. The summed E-state index contributed by atoms with van der Waals surface area (Å²) in [5.41, 5.74) is 4.16. The van der Waals surface area contributed by atoms with Crippen molar-refractivity contribution in [1.29, 1.82) is 0 Å². The molecule has 0 fully saturated rings. The van der Waals surface area contributed by atoms with Gasteiger partial charge in [-0.1, -0.05) is 12.1 Å². The molecule has 1 aromatic carbocycles. The topological polar surface area (TPSA) is 79.8 Å². The lowest BCUT2D eigenvalue weighted by Crippen LogP contribution is -2.13. The third kappa shape index (κ3) is 4.64. The predicted molar refractivity (Wildman–Crippen MR) is 116 cm³/mol. The summed E-state index contributed by atoms with van der Waals surface area (Å²) in [4.78, 5) is 25.3. The SMILES string of the molecule is C[C@H](Nc1cncc(-c2ccsc2)n1)c1cccc(NC(=O)c2cccnc2)c1. The summed E-state index contributed by atoms with van der Waals surface area (Å²) in [6.45, 7) is 2.04. The average Bonchev–Trinajstić information content (AvgIpc) is 3.30. The molecule has 0 saturated heterocycles. The molecule has 0 unspecified atom stereocenters. The lowest BCUT2D eigenvalue weighted by molar-refractivity contribution is 0.102. The van der Waals surface area contributed by atoms with Gasteiger partial charge in [0.25, 0.3) is 5.91 Å². The van der Waals surface area contributed by atoms with Crippen molar-refractivity contribution in [3.63, 3.8) is 0 Å². The number of carbonyl (C=O) groups is 1. The average molecular weight is 401 g/mol. The predicted octanol–water partition coefficient (Wildman–Crippen LogP) is 5.03. The highest BCUT2D eigenvalue weighted by atomic mass is 32.1. The first-order valence-electron chi connectivity index (χ1n) is 9.11. The normalized spacial score (nSPS) is 11.6.